The summed E-state index contributed by atoms with van der Waals surface area (Å²) in [6.45, 7) is 3.01. The fraction of sp³-hybridized carbons (Fsp3) is 0.316. The number of carboxylic acids is 1. The van der Waals surface area contributed by atoms with Gasteiger partial charge in [0.25, 0.3) is 0 Å². The summed E-state index contributed by atoms with van der Waals surface area (Å²) in [4.78, 5) is 31.8. The summed E-state index contributed by atoms with van der Waals surface area (Å²) in [6, 6.07) is 3.94. The first-order valence-electron chi connectivity index (χ1n) is 8.50. The van der Waals surface area contributed by atoms with Crippen molar-refractivity contribution in [1.29, 1.82) is 0 Å². The molecule has 0 saturated heterocycles. The van der Waals surface area contributed by atoms with Crippen LogP contribution in [0.3, 0.4) is 0 Å². The number of aryl methyl sites for hydroxylation is 1. The zero-order chi connectivity index (χ0) is 18.4. The number of ketones is 1. The maximum atomic E-state index is 12.1. The predicted octanol–water partition coefficient (Wildman–Crippen LogP) is 2.97. The summed E-state index contributed by atoms with van der Waals surface area (Å²) < 4.78 is 1.44. The van der Waals surface area contributed by atoms with E-state index in [0.717, 1.165) is 35.0 Å². The van der Waals surface area contributed by atoms with Gasteiger partial charge in [-0.2, -0.15) is 5.10 Å². The maximum Gasteiger partial charge on any atom is 0.325 e. The van der Waals surface area contributed by atoms with Crippen LogP contribution in [0.4, 0.5) is 0 Å². The van der Waals surface area contributed by atoms with E-state index in [4.69, 9.17) is 0 Å². The highest BCUT2D eigenvalue weighted by atomic mass is 16.4. The number of hydrogen-bond acceptors (Lipinski definition) is 5. The molecule has 7 heteroatoms. The zero-order valence-electron chi connectivity index (χ0n) is 14.6. The normalized spacial score (nSPS) is 13.9. The molecule has 4 rings (SSSR count). The fourth-order valence-electron chi connectivity index (χ4n) is 3.27. The smallest absolute Gasteiger partial charge is 0.325 e. The first-order valence-corrected chi connectivity index (χ1v) is 8.50. The second-order valence-corrected chi connectivity index (χ2v) is 6.71. The van der Waals surface area contributed by atoms with Crippen molar-refractivity contribution in [3.05, 3.63) is 41.6 Å². The molecule has 1 aromatic carbocycles. The third kappa shape index (κ3) is 2.85. The Balaban J connectivity index is 1.99. The van der Waals surface area contributed by atoms with Gasteiger partial charge in [-0.25, -0.2) is 9.97 Å². The Morgan fingerprint density at radius 3 is 2.46 bits per heavy atom. The minimum atomic E-state index is -0.984. The molecule has 0 spiro atoms. The number of nitrogens with zero attached hydrogens (tertiary/aromatic N) is 4. The van der Waals surface area contributed by atoms with E-state index in [1.54, 1.807) is 12.4 Å². The van der Waals surface area contributed by atoms with Gasteiger partial charge >= 0.3 is 5.97 Å². The zero-order valence-corrected chi connectivity index (χ0v) is 14.6. The summed E-state index contributed by atoms with van der Waals surface area (Å²) in [5.74, 6) is -0.107. The largest absolute Gasteiger partial charge is 0.480 e. The van der Waals surface area contributed by atoms with Crippen LogP contribution in [-0.2, 0) is 11.3 Å². The van der Waals surface area contributed by atoms with Crippen molar-refractivity contribution in [3.8, 4) is 11.1 Å². The van der Waals surface area contributed by atoms with Crippen molar-refractivity contribution in [2.75, 3.05) is 0 Å². The van der Waals surface area contributed by atoms with Gasteiger partial charge in [0, 0.05) is 30.3 Å². The molecule has 1 N–H and O–H groups in total. The van der Waals surface area contributed by atoms with E-state index in [1.165, 1.54) is 11.6 Å². The number of carboxylic acid groups (broad SMARTS) is 1. The van der Waals surface area contributed by atoms with E-state index in [-0.39, 0.29) is 12.3 Å². The molecule has 0 radical (unpaired) electrons. The second-order valence-electron chi connectivity index (χ2n) is 6.71. The Bertz CT molecular complexity index is 1030. The van der Waals surface area contributed by atoms with Crippen molar-refractivity contribution in [3.63, 3.8) is 0 Å². The lowest BCUT2D eigenvalue weighted by molar-refractivity contribution is -0.137. The van der Waals surface area contributed by atoms with Gasteiger partial charge in [0.05, 0.1) is 5.52 Å². The minimum absolute atomic E-state index is 0.182. The van der Waals surface area contributed by atoms with Crippen LogP contribution in [0, 0.1) is 6.92 Å². The molecule has 2 heterocycles. The highest BCUT2D eigenvalue weighted by molar-refractivity contribution is 6.07. The second kappa shape index (κ2) is 6.01. The number of rotatable bonds is 5. The molecule has 3 aromatic rings. The SMILES string of the molecule is CC(=O)c1nn(CC(=O)O)c2c(C3CC3)cc(-c3cnc(C)nc3)cc12. The number of carbonyl (C=O) groups is 2. The van der Waals surface area contributed by atoms with Crippen molar-refractivity contribution in [2.24, 2.45) is 0 Å². The Morgan fingerprint density at radius 1 is 1.19 bits per heavy atom. The van der Waals surface area contributed by atoms with E-state index < -0.39 is 5.97 Å². The van der Waals surface area contributed by atoms with Crippen molar-refractivity contribution in [2.45, 2.75) is 39.2 Å². The molecular formula is C19H18N4O3. The van der Waals surface area contributed by atoms with Crippen LogP contribution in [0.1, 0.15) is 47.6 Å². The molecule has 1 saturated carbocycles. The van der Waals surface area contributed by atoms with Gasteiger partial charge in [0.1, 0.15) is 18.1 Å². The first kappa shape index (κ1) is 16.4. The van der Waals surface area contributed by atoms with Crippen molar-refractivity contribution >= 4 is 22.7 Å². The number of aliphatic carboxylic acids is 1. The summed E-state index contributed by atoms with van der Waals surface area (Å²) in [5.41, 5.74) is 3.87. The third-order valence-corrected chi connectivity index (χ3v) is 4.62. The Labute approximate surface area is 149 Å². The molecule has 7 nitrogen and oxygen atoms in total. The van der Waals surface area contributed by atoms with E-state index in [9.17, 15) is 14.7 Å². The lowest BCUT2D eigenvalue weighted by atomic mass is 9.98. The lowest BCUT2D eigenvalue weighted by Gasteiger charge is -2.09. The number of hydrogen-bond donors (Lipinski definition) is 1. The van der Waals surface area contributed by atoms with Crippen LogP contribution in [0.5, 0.6) is 0 Å². The van der Waals surface area contributed by atoms with Crippen LogP contribution < -0.4 is 0 Å². The highest BCUT2D eigenvalue weighted by Gasteiger charge is 2.30. The van der Waals surface area contributed by atoms with Gasteiger partial charge in [-0.1, -0.05) is 0 Å². The van der Waals surface area contributed by atoms with Crippen molar-refractivity contribution < 1.29 is 14.7 Å². The number of benzene rings is 1. The monoisotopic (exact) mass is 350 g/mol. The van der Waals surface area contributed by atoms with Gasteiger partial charge in [0.15, 0.2) is 5.78 Å². The predicted molar refractivity (Wildman–Crippen MR) is 95.1 cm³/mol. The quantitative estimate of drug-likeness (QED) is 0.710. The standard InChI is InChI=1S/C19H18N4O3/c1-10(24)18-16-6-13(14-7-20-11(2)21-8-14)5-15(12-3-4-12)19(16)23(22-18)9-17(25)26/h5-8,12H,3-4,9H2,1-2H3,(H,25,26). The van der Waals surface area contributed by atoms with E-state index >= 15 is 0 Å². The van der Waals surface area contributed by atoms with E-state index in [1.807, 2.05) is 13.0 Å². The lowest BCUT2D eigenvalue weighted by Crippen LogP contribution is -2.11. The molecule has 1 aliphatic rings. The molecule has 0 unspecified atom stereocenters. The van der Waals surface area contributed by atoms with Gasteiger partial charge in [0.2, 0.25) is 0 Å². The van der Waals surface area contributed by atoms with Crippen LogP contribution in [0.15, 0.2) is 24.5 Å². The van der Waals surface area contributed by atoms with E-state index in [0.29, 0.717) is 22.8 Å². The van der Waals surface area contributed by atoms with Crippen LogP contribution in [-0.4, -0.2) is 36.6 Å². The molecule has 1 aliphatic carbocycles. The van der Waals surface area contributed by atoms with Crippen LogP contribution in [0.2, 0.25) is 0 Å². The van der Waals surface area contributed by atoms with Gasteiger partial charge in [-0.15, -0.1) is 0 Å². The number of aromatic nitrogens is 4. The Hall–Kier alpha value is -3.09. The third-order valence-electron chi connectivity index (χ3n) is 4.62. The summed E-state index contributed by atoms with van der Waals surface area (Å²) in [5, 5.41) is 14.2. The molecule has 0 bridgehead atoms. The van der Waals surface area contributed by atoms with Gasteiger partial charge < -0.3 is 5.11 Å². The number of fused-ring (bicyclic) bond motifs is 1. The number of Topliss-reactive ketones (excluding diaryl/α,β-unsaturated/α-hetero) is 1. The van der Waals surface area contributed by atoms with Crippen LogP contribution >= 0.6 is 0 Å². The minimum Gasteiger partial charge on any atom is -0.480 e. The topological polar surface area (TPSA) is 98.0 Å². The maximum absolute atomic E-state index is 12.1. The molecule has 0 amide bonds. The van der Waals surface area contributed by atoms with E-state index in [2.05, 4.69) is 21.1 Å². The molecule has 0 aliphatic heterocycles. The molecule has 132 valence electrons. The molecule has 1 fully saturated rings. The summed E-state index contributed by atoms with van der Waals surface area (Å²) >= 11 is 0. The molecular weight excluding hydrogens is 332 g/mol. The van der Waals surface area contributed by atoms with Gasteiger partial charge in [-0.3, -0.25) is 14.3 Å². The Morgan fingerprint density at radius 2 is 1.88 bits per heavy atom. The highest BCUT2D eigenvalue weighted by Crippen LogP contribution is 2.45. The molecule has 26 heavy (non-hydrogen) atoms. The summed E-state index contributed by atoms with van der Waals surface area (Å²) in [6.07, 6.45) is 5.62. The summed E-state index contributed by atoms with van der Waals surface area (Å²) in [7, 11) is 0. The fourth-order valence-corrected chi connectivity index (χ4v) is 3.27. The molecule has 0 atom stereocenters. The van der Waals surface area contributed by atoms with Gasteiger partial charge in [-0.05, 0) is 48.9 Å². The number of carbonyl (C=O) groups excluding carboxylic acids is 1. The van der Waals surface area contributed by atoms with Crippen molar-refractivity contribution in [1.82, 2.24) is 19.7 Å². The Kier molecular flexibility index (Phi) is 3.79. The average Bonchev–Trinajstić information content (AvgIpc) is 3.37. The molecule has 2 aromatic heterocycles. The average molecular weight is 350 g/mol. The van der Waals surface area contributed by atoms with Crippen LogP contribution in [0.25, 0.3) is 22.0 Å². The first-order chi connectivity index (χ1) is 12.4.